The highest BCUT2D eigenvalue weighted by molar-refractivity contribution is 7.08. The molecule has 0 bridgehead atoms. The predicted octanol–water partition coefficient (Wildman–Crippen LogP) is 4.64. The Bertz CT molecular complexity index is 1400. The number of aromatic nitrogens is 3. The molecule has 9 heteroatoms. The van der Waals surface area contributed by atoms with E-state index in [-0.39, 0.29) is 29.6 Å². The second-order valence-corrected chi connectivity index (χ2v) is 10.3. The summed E-state index contributed by atoms with van der Waals surface area (Å²) in [6.45, 7) is 7.50. The van der Waals surface area contributed by atoms with E-state index in [0.717, 1.165) is 16.7 Å². The summed E-state index contributed by atoms with van der Waals surface area (Å²) in [4.78, 5) is 34.5. The van der Waals surface area contributed by atoms with Gasteiger partial charge in [0.1, 0.15) is 11.5 Å². The monoisotopic (exact) mass is 505 g/mol. The molecule has 5 rings (SSSR count). The molecule has 1 aliphatic heterocycles. The van der Waals surface area contributed by atoms with Gasteiger partial charge in [-0.05, 0) is 65.6 Å². The topological polar surface area (TPSA) is 70.8 Å². The van der Waals surface area contributed by atoms with Crippen LogP contribution in [0.15, 0.2) is 53.4 Å². The van der Waals surface area contributed by atoms with Crippen molar-refractivity contribution in [1.29, 1.82) is 0 Å². The van der Waals surface area contributed by atoms with Crippen LogP contribution < -0.4 is 0 Å². The summed E-state index contributed by atoms with van der Waals surface area (Å²) < 4.78 is 15.1. The van der Waals surface area contributed by atoms with Crippen LogP contribution in [0.2, 0.25) is 0 Å². The van der Waals surface area contributed by atoms with Crippen LogP contribution in [0, 0.1) is 5.82 Å². The Morgan fingerprint density at radius 3 is 2.61 bits per heavy atom. The van der Waals surface area contributed by atoms with Gasteiger partial charge < -0.3 is 9.80 Å². The third-order valence-corrected chi connectivity index (χ3v) is 7.34. The quantitative estimate of drug-likeness (QED) is 0.396. The van der Waals surface area contributed by atoms with Gasteiger partial charge in [0.2, 0.25) is 5.91 Å². The number of nitrogens with zero attached hydrogens (tertiary/aromatic N) is 5. The molecular weight excluding hydrogens is 477 g/mol. The van der Waals surface area contributed by atoms with E-state index in [1.54, 1.807) is 39.1 Å². The Labute approximate surface area is 213 Å². The summed E-state index contributed by atoms with van der Waals surface area (Å²) in [7, 11) is 0. The van der Waals surface area contributed by atoms with Gasteiger partial charge in [-0.1, -0.05) is 13.8 Å². The lowest BCUT2D eigenvalue weighted by Crippen LogP contribution is -2.55. The van der Waals surface area contributed by atoms with Crippen LogP contribution in [0.25, 0.3) is 16.9 Å². The van der Waals surface area contributed by atoms with Crippen LogP contribution in [-0.4, -0.2) is 61.9 Å². The van der Waals surface area contributed by atoms with Gasteiger partial charge in [0, 0.05) is 36.8 Å². The van der Waals surface area contributed by atoms with Crippen LogP contribution in [-0.2, 0) is 11.2 Å². The average Bonchev–Trinajstić information content (AvgIpc) is 3.53. The number of thiophene rings is 1. The first-order valence-corrected chi connectivity index (χ1v) is 13.0. The Kier molecular flexibility index (Phi) is 6.57. The van der Waals surface area contributed by atoms with Crippen molar-refractivity contribution in [2.45, 2.75) is 39.2 Å². The fourth-order valence-electron chi connectivity index (χ4n) is 4.63. The largest absolute Gasteiger partial charge is 0.336 e. The lowest BCUT2D eigenvalue weighted by molar-refractivity contribution is -0.134. The fourth-order valence-corrected chi connectivity index (χ4v) is 5.30. The third kappa shape index (κ3) is 4.75. The van der Waals surface area contributed by atoms with E-state index in [1.165, 1.54) is 12.1 Å². The Morgan fingerprint density at radius 2 is 1.94 bits per heavy atom. The smallest absolute Gasteiger partial charge is 0.274 e. The number of benzene rings is 1. The van der Waals surface area contributed by atoms with E-state index < -0.39 is 0 Å². The van der Waals surface area contributed by atoms with Crippen LogP contribution in [0.1, 0.15) is 48.3 Å². The van der Waals surface area contributed by atoms with Crippen molar-refractivity contribution in [2.75, 3.05) is 19.6 Å². The van der Waals surface area contributed by atoms with Gasteiger partial charge in [0.15, 0.2) is 5.65 Å². The minimum Gasteiger partial charge on any atom is -0.336 e. The molecule has 0 unspecified atom stereocenters. The second kappa shape index (κ2) is 9.81. The molecule has 3 aromatic heterocycles. The molecule has 0 aliphatic carbocycles. The number of hydrogen-bond donors (Lipinski definition) is 0. The highest BCUT2D eigenvalue weighted by atomic mass is 32.1. The first-order valence-electron chi connectivity index (χ1n) is 12.1. The number of carbonyl (C=O) groups excluding carboxylic acids is 2. The van der Waals surface area contributed by atoms with Crippen molar-refractivity contribution in [3.63, 3.8) is 0 Å². The highest BCUT2D eigenvalue weighted by Crippen LogP contribution is 2.26. The van der Waals surface area contributed by atoms with Gasteiger partial charge >= 0.3 is 0 Å². The number of fused-ring (bicyclic) bond motifs is 1. The molecule has 4 heterocycles. The van der Waals surface area contributed by atoms with E-state index >= 15 is 0 Å². The van der Waals surface area contributed by atoms with E-state index in [9.17, 15) is 14.0 Å². The van der Waals surface area contributed by atoms with Gasteiger partial charge in [-0.2, -0.15) is 16.4 Å². The molecule has 2 amide bonds. The van der Waals surface area contributed by atoms with Crippen LogP contribution in [0.5, 0.6) is 0 Å². The lowest BCUT2D eigenvalue weighted by atomic mass is 10.0. The molecule has 0 saturated carbocycles. The molecule has 1 fully saturated rings. The predicted molar refractivity (Wildman–Crippen MR) is 138 cm³/mol. The summed E-state index contributed by atoms with van der Waals surface area (Å²) in [6, 6.07) is 10.0. The number of hydrogen-bond acceptors (Lipinski definition) is 5. The number of rotatable bonds is 5. The van der Waals surface area contributed by atoms with E-state index in [4.69, 9.17) is 0 Å². The molecule has 1 aliphatic rings. The van der Waals surface area contributed by atoms with E-state index in [1.807, 2.05) is 34.7 Å². The van der Waals surface area contributed by atoms with Crippen molar-refractivity contribution in [3.8, 4) is 11.3 Å². The SMILES string of the molecule is CC(C)c1cc(-c2ccc(F)cc2)nn2cc(C(=O)N3CCN(C(=O)Cc4ccsc4)[C@@H](C)C3)nc12. The Hall–Kier alpha value is -3.59. The van der Waals surface area contributed by atoms with Crippen LogP contribution in [0.3, 0.4) is 0 Å². The third-order valence-electron chi connectivity index (χ3n) is 6.61. The minimum atomic E-state index is -0.304. The highest BCUT2D eigenvalue weighted by Gasteiger charge is 2.31. The van der Waals surface area contributed by atoms with Crippen molar-refractivity contribution in [3.05, 3.63) is 76.0 Å². The molecule has 0 radical (unpaired) electrons. The van der Waals surface area contributed by atoms with E-state index in [0.29, 0.717) is 43.1 Å². The number of halogens is 1. The zero-order valence-electron chi connectivity index (χ0n) is 20.5. The van der Waals surface area contributed by atoms with Crippen LogP contribution >= 0.6 is 11.3 Å². The molecule has 7 nitrogen and oxygen atoms in total. The van der Waals surface area contributed by atoms with Crippen molar-refractivity contribution in [1.82, 2.24) is 24.4 Å². The number of imidazole rings is 1. The lowest BCUT2D eigenvalue weighted by Gasteiger charge is -2.39. The summed E-state index contributed by atoms with van der Waals surface area (Å²) in [5, 5.41) is 8.63. The molecule has 0 spiro atoms. The summed E-state index contributed by atoms with van der Waals surface area (Å²) in [6.07, 6.45) is 2.05. The maximum atomic E-state index is 13.4. The normalized spacial score (nSPS) is 16.2. The fraction of sp³-hybridized carbons (Fsp3) is 0.333. The molecule has 1 atom stereocenters. The maximum absolute atomic E-state index is 13.4. The minimum absolute atomic E-state index is 0.0831. The maximum Gasteiger partial charge on any atom is 0.274 e. The van der Waals surface area contributed by atoms with Crippen LogP contribution in [0.4, 0.5) is 4.39 Å². The zero-order valence-corrected chi connectivity index (χ0v) is 21.3. The van der Waals surface area contributed by atoms with Crippen molar-refractivity contribution < 1.29 is 14.0 Å². The van der Waals surface area contributed by atoms with Gasteiger partial charge in [-0.15, -0.1) is 0 Å². The standard InChI is InChI=1S/C27H28FN5O2S/c1-17(2)22-13-23(20-4-6-21(28)7-5-20)30-33-15-24(29-26(22)33)27(35)31-9-10-32(18(3)14-31)25(34)12-19-8-11-36-16-19/h4-8,11,13,15-18H,9-10,12,14H2,1-3H3/t18-/m0/s1. The van der Waals surface area contributed by atoms with Gasteiger partial charge in [0.25, 0.3) is 5.91 Å². The van der Waals surface area contributed by atoms with Crippen molar-refractivity contribution >= 4 is 28.8 Å². The van der Waals surface area contributed by atoms with E-state index in [2.05, 4.69) is 23.9 Å². The molecule has 1 aromatic carbocycles. The first kappa shape index (κ1) is 24.1. The zero-order chi connectivity index (χ0) is 25.4. The average molecular weight is 506 g/mol. The number of piperazine rings is 1. The molecule has 36 heavy (non-hydrogen) atoms. The van der Waals surface area contributed by atoms with Gasteiger partial charge in [-0.3, -0.25) is 9.59 Å². The summed E-state index contributed by atoms with van der Waals surface area (Å²) in [5.74, 6) is -0.241. The number of carbonyl (C=O) groups is 2. The van der Waals surface area contributed by atoms with Gasteiger partial charge in [-0.25, -0.2) is 13.9 Å². The molecule has 186 valence electrons. The number of amides is 2. The molecule has 4 aromatic rings. The Balaban J connectivity index is 1.36. The molecule has 1 saturated heterocycles. The van der Waals surface area contributed by atoms with Gasteiger partial charge in [0.05, 0.1) is 18.3 Å². The summed E-state index contributed by atoms with van der Waals surface area (Å²) in [5.41, 5.74) is 4.42. The molecule has 0 N–H and O–H groups in total. The first-order chi connectivity index (χ1) is 17.3. The Morgan fingerprint density at radius 1 is 1.17 bits per heavy atom. The second-order valence-electron chi connectivity index (χ2n) is 9.54. The summed E-state index contributed by atoms with van der Waals surface area (Å²) >= 11 is 1.58. The molecular formula is C27H28FN5O2S. The van der Waals surface area contributed by atoms with Crippen molar-refractivity contribution in [2.24, 2.45) is 0 Å².